The molecule has 4 rings (SSSR count). The number of hydrogen-bond acceptors (Lipinski definition) is 6. The quantitative estimate of drug-likeness (QED) is 0.399. The highest BCUT2D eigenvalue weighted by molar-refractivity contribution is 5.96. The minimum Gasteiger partial charge on any atom is -0.369 e. The van der Waals surface area contributed by atoms with Crippen LogP contribution in [0.5, 0.6) is 0 Å². The molecular formula is C28H32N6O4. The fourth-order valence-electron chi connectivity index (χ4n) is 5.83. The molecule has 0 bridgehead atoms. The van der Waals surface area contributed by atoms with Crippen molar-refractivity contribution in [2.45, 2.75) is 56.5 Å². The molecule has 1 unspecified atom stereocenters. The highest BCUT2D eigenvalue weighted by Crippen LogP contribution is 2.43. The van der Waals surface area contributed by atoms with Crippen LogP contribution in [0.1, 0.15) is 69.2 Å². The van der Waals surface area contributed by atoms with Crippen LogP contribution in [0.2, 0.25) is 0 Å². The third-order valence-electron chi connectivity index (χ3n) is 7.72. The molecule has 2 aliphatic rings. The number of carbonyl (C=O) groups is 4. The van der Waals surface area contributed by atoms with Crippen LogP contribution in [0.15, 0.2) is 36.4 Å². The average molecular weight is 517 g/mol. The standard InChI is InChI=1S/C28H32N6O4/c1-16(33-15-24(35)34-10-2-3-21(34)14-29)13-28(27(32)38)22-8-6-19(25(30)36)11-17(22)4-5-18-12-20(26(31)37)7-9-23(18)28/h6-9,11-12,16,21,33H,2-5,10,13,15H2,1H3,(H2,30,36)(H2,31,37)(H2,32,38)/t16-,21?/m1/s1. The lowest BCUT2D eigenvalue weighted by Gasteiger charge is -2.36. The van der Waals surface area contributed by atoms with Crippen LogP contribution in [0, 0.1) is 11.3 Å². The Morgan fingerprint density at radius 2 is 1.58 bits per heavy atom. The third-order valence-corrected chi connectivity index (χ3v) is 7.72. The van der Waals surface area contributed by atoms with E-state index in [1.165, 1.54) is 0 Å². The van der Waals surface area contributed by atoms with E-state index < -0.39 is 29.2 Å². The van der Waals surface area contributed by atoms with Gasteiger partial charge in [-0.05, 0) is 85.5 Å². The molecule has 2 aromatic rings. The van der Waals surface area contributed by atoms with Crippen molar-refractivity contribution < 1.29 is 19.2 Å². The number of nitrogens with zero attached hydrogens (tertiary/aromatic N) is 2. The van der Waals surface area contributed by atoms with E-state index in [0.29, 0.717) is 48.1 Å². The number of benzene rings is 2. The lowest BCUT2D eigenvalue weighted by atomic mass is 9.68. The van der Waals surface area contributed by atoms with E-state index in [1.807, 2.05) is 6.92 Å². The molecule has 10 nitrogen and oxygen atoms in total. The van der Waals surface area contributed by atoms with Gasteiger partial charge in [-0.1, -0.05) is 12.1 Å². The first-order valence-electron chi connectivity index (χ1n) is 12.7. The van der Waals surface area contributed by atoms with Crippen LogP contribution in [-0.4, -0.2) is 53.7 Å². The molecule has 0 aromatic heterocycles. The molecule has 1 aliphatic carbocycles. The van der Waals surface area contributed by atoms with Gasteiger partial charge < -0.3 is 27.4 Å². The monoisotopic (exact) mass is 516 g/mol. The van der Waals surface area contributed by atoms with Crippen LogP contribution in [0.25, 0.3) is 0 Å². The largest absolute Gasteiger partial charge is 0.369 e. The summed E-state index contributed by atoms with van der Waals surface area (Å²) in [4.78, 5) is 51.6. The summed E-state index contributed by atoms with van der Waals surface area (Å²) in [5.74, 6) is -1.93. The maximum absolute atomic E-state index is 13.5. The van der Waals surface area contributed by atoms with E-state index in [0.717, 1.165) is 17.5 Å². The van der Waals surface area contributed by atoms with E-state index in [2.05, 4.69) is 11.4 Å². The second kappa shape index (κ2) is 10.6. The van der Waals surface area contributed by atoms with E-state index in [1.54, 1.807) is 41.3 Å². The molecule has 2 atom stereocenters. The van der Waals surface area contributed by atoms with Gasteiger partial charge in [0.25, 0.3) is 0 Å². The van der Waals surface area contributed by atoms with Gasteiger partial charge in [-0.15, -0.1) is 0 Å². The number of amides is 4. The third kappa shape index (κ3) is 4.85. The van der Waals surface area contributed by atoms with Gasteiger partial charge in [0.2, 0.25) is 23.6 Å². The molecule has 0 radical (unpaired) electrons. The van der Waals surface area contributed by atoms with Crippen molar-refractivity contribution in [3.63, 3.8) is 0 Å². The van der Waals surface area contributed by atoms with Gasteiger partial charge in [0.05, 0.1) is 12.6 Å². The minimum absolute atomic E-state index is 0.00906. The summed E-state index contributed by atoms with van der Waals surface area (Å²) in [5.41, 5.74) is 19.4. The van der Waals surface area contributed by atoms with Crippen molar-refractivity contribution >= 4 is 23.6 Å². The van der Waals surface area contributed by atoms with Gasteiger partial charge >= 0.3 is 0 Å². The van der Waals surface area contributed by atoms with Crippen molar-refractivity contribution in [3.05, 3.63) is 69.8 Å². The molecule has 4 amide bonds. The van der Waals surface area contributed by atoms with Gasteiger partial charge in [-0.2, -0.15) is 5.26 Å². The van der Waals surface area contributed by atoms with Gasteiger partial charge in [0.1, 0.15) is 11.5 Å². The zero-order valence-corrected chi connectivity index (χ0v) is 21.3. The summed E-state index contributed by atoms with van der Waals surface area (Å²) < 4.78 is 0. The maximum Gasteiger partial charge on any atom is 0.248 e. The molecule has 0 spiro atoms. The van der Waals surface area contributed by atoms with Crippen molar-refractivity contribution in [2.75, 3.05) is 13.1 Å². The van der Waals surface area contributed by atoms with Gasteiger partial charge in [-0.3, -0.25) is 19.2 Å². The Labute approximate surface area is 221 Å². The Morgan fingerprint density at radius 3 is 2.05 bits per heavy atom. The van der Waals surface area contributed by atoms with Crippen molar-refractivity contribution in [3.8, 4) is 6.07 Å². The number of likely N-dealkylation sites (tertiary alicyclic amines) is 1. The first-order chi connectivity index (χ1) is 18.1. The predicted molar refractivity (Wildman–Crippen MR) is 140 cm³/mol. The smallest absolute Gasteiger partial charge is 0.248 e. The van der Waals surface area contributed by atoms with E-state index in [9.17, 15) is 24.4 Å². The van der Waals surface area contributed by atoms with Crippen LogP contribution in [0.3, 0.4) is 0 Å². The summed E-state index contributed by atoms with van der Waals surface area (Å²) in [6, 6.07) is 11.4. The highest BCUT2D eigenvalue weighted by Gasteiger charge is 2.46. The first-order valence-corrected chi connectivity index (χ1v) is 12.7. The van der Waals surface area contributed by atoms with Gasteiger partial charge in [-0.25, -0.2) is 0 Å². The van der Waals surface area contributed by atoms with E-state index >= 15 is 0 Å². The summed E-state index contributed by atoms with van der Waals surface area (Å²) >= 11 is 0. The second-order valence-electron chi connectivity index (χ2n) is 10.1. The summed E-state index contributed by atoms with van der Waals surface area (Å²) in [7, 11) is 0. The van der Waals surface area contributed by atoms with Crippen LogP contribution >= 0.6 is 0 Å². The topological polar surface area (TPSA) is 185 Å². The van der Waals surface area contributed by atoms with Crippen LogP contribution < -0.4 is 22.5 Å². The number of hydrogen-bond donors (Lipinski definition) is 4. The molecule has 38 heavy (non-hydrogen) atoms. The lowest BCUT2D eigenvalue weighted by Crippen LogP contribution is -2.49. The Balaban J connectivity index is 1.74. The number of primary amides is 3. The van der Waals surface area contributed by atoms with Gasteiger partial charge in [0, 0.05) is 23.7 Å². The maximum atomic E-state index is 13.5. The Kier molecular flexibility index (Phi) is 7.51. The number of rotatable bonds is 8. The molecule has 1 saturated heterocycles. The highest BCUT2D eigenvalue weighted by atomic mass is 16.2. The Morgan fingerprint density at radius 1 is 1.03 bits per heavy atom. The molecule has 2 aromatic carbocycles. The normalized spacial score (nSPS) is 18.4. The number of fused-ring (bicyclic) bond motifs is 2. The van der Waals surface area contributed by atoms with E-state index in [-0.39, 0.29) is 24.9 Å². The molecule has 0 saturated carbocycles. The Bertz CT molecular complexity index is 1280. The van der Waals surface area contributed by atoms with Crippen LogP contribution in [0.4, 0.5) is 0 Å². The number of nitriles is 1. The zero-order valence-electron chi connectivity index (χ0n) is 21.3. The molecule has 1 fully saturated rings. The minimum atomic E-state index is -1.31. The van der Waals surface area contributed by atoms with Crippen LogP contribution in [-0.2, 0) is 27.8 Å². The fraction of sp³-hybridized carbons (Fsp3) is 0.393. The summed E-state index contributed by atoms with van der Waals surface area (Å²) in [6.07, 6.45) is 2.65. The lowest BCUT2D eigenvalue weighted by molar-refractivity contribution is -0.130. The summed E-state index contributed by atoms with van der Waals surface area (Å²) in [5, 5.41) is 12.5. The molecule has 198 valence electrons. The van der Waals surface area contributed by atoms with Crippen molar-refractivity contribution in [1.82, 2.24) is 10.2 Å². The molecule has 7 N–H and O–H groups in total. The summed E-state index contributed by atoms with van der Waals surface area (Å²) in [6.45, 7) is 2.42. The Hall–Kier alpha value is -4.23. The van der Waals surface area contributed by atoms with Crippen molar-refractivity contribution in [2.24, 2.45) is 17.2 Å². The molecular weight excluding hydrogens is 484 g/mol. The number of nitrogens with two attached hydrogens (primary N) is 3. The number of carbonyl (C=O) groups excluding carboxylic acids is 4. The van der Waals surface area contributed by atoms with Gasteiger partial charge in [0.15, 0.2) is 0 Å². The first kappa shape index (κ1) is 26.8. The predicted octanol–water partition coefficient (Wildman–Crippen LogP) is 0.637. The molecule has 10 heteroatoms. The van der Waals surface area contributed by atoms with E-state index in [4.69, 9.17) is 17.2 Å². The fourth-order valence-corrected chi connectivity index (χ4v) is 5.83. The average Bonchev–Trinajstić information content (AvgIpc) is 3.33. The number of nitrogens with one attached hydrogen (secondary N) is 1. The second-order valence-corrected chi connectivity index (χ2v) is 10.1. The molecule has 1 aliphatic heterocycles. The zero-order chi connectivity index (χ0) is 27.6. The SMILES string of the molecule is C[C@H](CC1(C(N)=O)c2ccc(C(N)=O)cc2CCc2cc(C(N)=O)ccc21)NCC(=O)N1CCCC1C#N. The number of aryl methyl sites for hydroxylation is 2. The molecule has 1 heterocycles. The van der Waals surface area contributed by atoms with Crippen molar-refractivity contribution in [1.29, 1.82) is 5.26 Å².